The van der Waals surface area contributed by atoms with Crippen LogP contribution < -0.4 is 10.1 Å². The van der Waals surface area contributed by atoms with Crippen LogP contribution in [0.15, 0.2) is 36.5 Å². The number of carbonyl (C=O) groups is 1. The fraction of sp³-hybridized carbons (Fsp3) is 0.250. The maximum atomic E-state index is 10.8. The lowest BCUT2D eigenvalue weighted by Crippen LogP contribution is -2.19. The zero-order chi connectivity index (χ0) is 11.3. The molecule has 0 aromatic heterocycles. The van der Waals surface area contributed by atoms with Crippen LogP contribution in [-0.4, -0.2) is 13.0 Å². The zero-order valence-electron chi connectivity index (χ0n) is 9.04. The Morgan fingerprint density at radius 1 is 1.53 bits per heavy atom. The van der Waals surface area contributed by atoms with Crippen molar-refractivity contribution in [3.05, 3.63) is 42.1 Å². The fourth-order valence-corrected chi connectivity index (χ4v) is 1.32. The van der Waals surface area contributed by atoms with Gasteiger partial charge in [-0.15, -0.1) is 0 Å². The van der Waals surface area contributed by atoms with Gasteiger partial charge in [-0.1, -0.05) is 18.7 Å². The van der Waals surface area contributed by atoms with E-state index in [4.69, 9.17) is 4.74 Å². The Labute approximate surface area is 89.8 Å². The van der Waals surface area contributed by atoms with E-state index in [0.717, 1.165) is 11.3 Å². The molecular formula is C12H15NO2. The van der Waals surface area contributed by atoms with Crippen molar-refractivity contribution in [3.8, 4) is 5.75 Å². The minimum Gasteiger partial charge on any atom is -0.497 e. The van der Waals surface area contributed by atoms with E-state index in [1.54, 1.807) is 7.11 Å². The predicted molar refractivity (Wildman–Crippen MR) is 59.7 cm³/mol. The Hall–Kier alpha value is -1.77. The van der Waals surface area contributed by atoms with E-state index in [2.05, 4.69) is 11.9 Å². The lowest BCUT2D eigenvalue weighted by Gasteiger charge is -2.07. The van der Waals surface area contributed by atoms with Crippen LogP contribution in [0.25, 0.3) is 0 Å². The van der Waals surface area contributed by atoms with Crippen molar-refractivity contribution in [3.63, 3.8) is 0 Å². The number of hydrogen-bond acceptors (Lipinski definition) is 2. The zero-order valence-corrected chi connectivity index (χ0v) is 9.04. The number of benzene rings is 1. The second kappa shape index (κ2) is 5.20. The molecule has 0 aliphatic rings. The Balaban J connectivity index is 2.63. The van der Waals surface area contributed by atoms with Crippen LogP contribution in [0.1, 0.15) is 12.5 Å². The Morgan fingerprint density at radius 2 is 2.27 bits per heavy atom. The van der Waals surface area contributed by atoms with Gasteiger partial charge in [0.05, 0.1) is 7.11 Å². The van der Waals surface area contributed by atoms with Crippen LogP contribution in [0.4, 0.5) is 0 Å². The first-order valence-electron chi connectivity index (χ1n) is 4.70. The Morgan fingerprint density at radius 3 is 2.87 bits per heavy atom. The van der Waals surface area contributed by atoms with Gasteiger partial charge in [0.1, 0.15) is 5.75 Å². The van der Waals surface area contributed by atoms with Crippen LogP contribution in [0.2, 0.25) is 0 Å². The third kappa shape index (κ3) is 3.85. The SMILES string of the molecule is C=C(Cc1cccc(OC)c1)NC(C)=O. The highest BCUT2D eigenvalue weighted by Crippen LogP contribution is 2.14. The maximum absolute atomic E-state index is 10.8. The van der Waals surface area contributed by atoms with E-state index in [0.29, 0.717) is 12.1 Å². The minimum atomic E-state index is -0.0945. The summed E-state index contributed by atoms with van der Waals surface area (Å²) in [6.07, 6.45) is 0.622. The van der Waals surface area contributed by atoms with Gasteiger partial charge in [-0.2, -0.15) is 0 Å². The largest absolute Gasteiger partial charge is 0.497 e. The lowest BCUT2D eigenvalue weighted by atomic mass is 10.1. The Bertz CT molecular complexity index is 372. The highest BCUT2D eigenvalue weighted by atomic mass is 16.5. The summed E-state index contributed by atoms with van der Waals surface area (Å²) in [6, 6.07) is 7.68. The van der Waals surface area contributed by atoms with E-state index in [9.17, 15) is 4.79 Å². The first kappa shape index (κ1) is 11.3. The third-order valence-corrected chi connectivity index (χ3v) is 1.90. The topological polar surface area (TPSA) is 38.3 Å². The fourth-order valence-electron chi connectivity index (χ4n) is 1.32. The van der Waals surface area contributed by atoms with E-state index in [-0.39, 0.29) is 5.91 Å². The molecule has 15 heavy (non-hydrogen) atoms. The second-order valence-corrected chi connectivity index (χ2v) is 3.31. The van der Waals surface area contributed by atoms with Crippen molar-refractivity contribution >= 4 is 5.91 Å². The molecule has 1 amide bonds. The molecule has 0 heterocycles. The summed E-state index contributed by atoms with van der Waals surface area (Å²) in [4.78, 5) is 10.8. The molecule has 0 unspecified atom stereocenters. The predicted octanol–water partition coefficient (Wildman–Crippen LogP) is 1.89. The molecule has 1 aromatic carbocycles. The van der Waals surface area contributed by atoms with E-state index >= 15 is 0 Å². The van der Waals surface area contributed by atoms with Gasteiger partial charge >= 0.3 is 0 Å². The van der Waals surface area contributed by atoms with Gasteiger partial charge in [-0.05, 0) is 17.7 Å². The normalized spacial score (nSPS) is 9.47. The molecule has 0 saturated heterocycles. The summed E-state index contributed by atoms with van der Waals surface area (Å²) < 4.78 is 5.10. The molecule has 0 aliphatic heterocycles. The standard InChI is InChI=1S/C12H15NO2/c1-9(13-10(2)14)7-11-5-4-6-12(8-11)15-3/h4-6,8H,1,7H2,2-3H3,(H,13,14). The average molecular weight is 205 g/mol. The summed E-state index contributed by atoms with van der Waals surface area (Å²) in [5.74, 6) is 0.714. The summed E-state index contributed by atoms with van der Waals surface area (Å²) in [5, 5.41) is 2.65. The van der Waals surface area contributed by atoms with Crippen molar-refractivity contribution in [1.82, 2.24) is 5.32 Å². The number of hydrogen-bond donors (Lipinski definition) is 1. The summed E-state index contributed by atoms with van der Waals surface area (Å²) in [5.41, 5.74) is 1.75. The van der Waals surface area contributed by atoms with Crippen LogP contribution in [0.3, 0.4) is 0 Å². The molecule has 0 aliphatic carbocycles. The molecule has 1 N–H and O–H groups in total. The smallest absolute Gasteiger partial charge is 0.220 e. The highest BCUT2D eigenvalue weighted by Gasteiger charge is 2.00. The van der Waals surface area contributed by atoms with Gasteiger partial charge in [0.15, 0.2) is 0 Å². The number of rotatable bonds is 4. The second-order valence-electron chi connectivity index (χ2n) is 3.31. The monoisotopic (exact) mass is 205 g/mol. The molecule has 80 valence electrons. The van der Waals surface area contributed by atoms with Gasteiger partial charge in [0, 0.05) is 19.0 Å². The van der Waals surface area contributed by atoms with Crippen molar-refractivity contribution in [2.75, 3.05) is 7.11 Å². The minimum absolute atomic E-state index is 0.0945. The lowest BCUT2D eigenvalue weighted by molar-refractivity contribution is -0.118. The molecule has 1 rings (SSSR count). The van der Waals surface area contributed by atoms with Crippen LogP contribution >= 0.6 is 0 Å². The molecule has 0 bridgehead atoms. The molecule has 0 saturated carbocycles. The van der Waals surface area contributed by atoms with Crippen LogP contribution in [-0.2, 0) is 11.2 Å². The summed E-state index contributed by atoms with van der Waals surface area (Å²) in [6.45, 7) is 5.24. The van der Waals surface area contributed by atoms with Crippen molar-refractivity contribution < 1.29 is 9.53 Å². The summed E-state index contributed by atoms with van der Waals surface area (Å²) >= 11 is 0. The van der Waals surface area contributed by atoms with Gasteiger partial charge in [-0.25, -0.2) is 0 Å². The summed E-state index contributed by atoms with van der Waals surface area (Å²) in [7, 11) is 1.63. The molecule has 1 aromatic rings. The highest BCUT2D eigenvalue weighted by molar-refractivity contribution is 5.74. The van der Waals surface area contributed by atoms with Gasteiger partial charge in [0.25, 0.3) is 0 Å². The first-order chi connectivity index (χ1) is 7.11. The molecular weight excluding hydrogens is 190 g/mol. The van der Waals surface area contributed by atoms with Crippen molar-refractivity contribution in [2.45, 2.75) is 13.3 Å². The number of methoxy groups -OCH3 is 1. The number of amides is 1. The van der Waals surface area contributed by atoms with E-state index in [1.165, 1.54) is 6.92 Å². The molecule has 3 nitrogen and oxygen atoms in total. The van der Waals surface area contributed by atoms with Crippen LogP contribution in [0.5, 0.6) is 5.75 Å². The van der Waals surface area contributed by atoms with Gasteiger partial charge < -0.3 is 10.1 Å². The van der Waals surface area contributed by atoms with E-state index < -0.39 is 0 Å². The Kier molecular flexibility index (Phi) is 3.92. The number of carbonyl (C=O) groups excluding carboxylic acids is 1. The third-order valence-electron chi connectivity index (χ3n) is 1.90. The van der Waals surface area contributed by atoms with E-state index in [1.807, 2.05) is 24.3 Å². The number of allylic oxidation sites excluding steroid dienone is 1. The van der Waals surface area contributed by atoms with Crippen LogP contribution in [0, 0.1) is 0 Å². The first-order valence-corrected chi connectivity index (χ1v) is 4.70. The molecule has 3 heteroatoms. The molecule has 0 fully saturated rings. The molecule has 0 spiro atoms. The molecule has 0 radical (unpaired) electrons. The number of nitrogens with one attached hydrogen (secondary N) is 1. The average Bonchev–Trinajstić information content (AvgIpc) is 2.16. The molecule has 0 atom stereocenters. The van der Waals surface area contributed by atoms with Gasteiger partial charge in [0.2, 0.25) is 5.91 Å². The number of ether oxygens (including phenoxy) is 1. The van der Waals surface area contributed by atoms with Crippen molar-refractivity contribution in [2.24, 2.45) is 0 Å². The van der Waals surface area contributed by atoms with Gasteiger partial charge in [-0.3, -0.25) is 4.79 Å². The van der Waals surface area contributed by atoms with Crippen molar-refractivity contribution in [1.29, 1.82) is 0 Å². The quantitative estimate of drug-likeness (QED) is 0.815. The maximum Gasteiger partial charge on any atom is 0.220 e.